The van der Waals surface area contributed by atoms with Crippen LogP contribution in [0.5, 0.6) is 0 Å². The van der Waals surface area contributed by atoms with Crippen LogP contribution in [0.3, 0.4) is 0 Å². The van der Waals surface area contributed by atoms with E-state index >= 15 is 0 Å². The molecule has 0 amide bonds. The van der Waals surface area contributed by atoms with Crippen LogP contribution >= 0.6 is 0 Å². The lowest BCUT2D eigenvalue weighted by Crippen LogP contribution is -2.10. The Balaban J connectivity index is 3.27. The van der Waals surface area contributed by atoms with E-state index in [-0.39, 0.29) is 18.6 Å². The average Bonchev–Trinajstić information content (AvgIpc) is 2.28. The van der Waals surface area contributed by atoms with Crippen molar-refractivity contribution in [2.75, 3.05) is 6.61 Å². The number of hydrogen-bond donors (Lipinski definition) is 2. The summed E-state index contributed by atoms with van der Waals surface area (Å²) in [5.74, 6) is 3.19. The molecule has 0 unspecified atom stereocenters. The maximum Gasteiger partial charge on any atom is 0.417 e. The zero-order valence-electron chi connectivity index (χ0n) is 9.08. The van der Waals surface area contributed by atoms with E-state index in [0.29, 0.717) is 6.07 Å². The Kier molecular flexibility index (Phi) is 4.34. The van der Waals surface area contributed by atoms with Gasteiger partial charge in [0.2, 0.25) is 0 Å². The van der Waals surface area contributed by atoms with Gasteiger partial charge in [0.25, 0.3) is 0 Å². The van der Waals surface area contributed by atoms with Crippen molar-refractivity contribution in [3.05, 3.63) is 34.9 Å². The third-order valence-electron chi connectivity index (χ3n) is 2.03. The molecule has 2 N–H and O–H groups in total. The molecule has 18 heavy (non-hydrogen) atoms. The van der Waals surface area contributed by atoms with Gasteiger partial charge in [0.15, 0.2) is 0 Å². The van der Waals surface area contributed by atoms with Gasteiger partial charge in [-0.05, 0) is 18.2 Å². The van der Waals surface area contributed by atoms with E-state index < -0.39 is 23.3 Å². The number of carbonyl (C=O) groups is 1. The van der Waals surface area contributed by atoms with E-state index in [0.717, 1.165) is 12.1 Å². The van der Waals surface area contributed by atoms with Crippen molar-refractivity contribution in [1.29, 1.82) is 0 Å². The van der Waals surface area contributed by atoms with Gasteiger partial charge in [0.05, 0.1) is 17.7 Å². The molecular weight excluding hydrogens is 249 g/mol. The Labute approximate surface area is 101 Å². The predicted octanol–water partition coefficient (Wildman–Crippen LogP) is 2.14. The molecule has 0 aliphatic rings. The van der Waals surface area contributed by atoms with Crippen LogP contribution in [0.4, 0.5) is 13.2 Å². The summed E-state index contributed by atoms with van der Waals surface area (Å²) in [6.45, 7) is -0.248. The van der Waals surface area contributed by atoms with Crippen LogP contribution in [-0.4, -0.2) is 22.8 Å². The lowest BCUT2D eigenvalue weighted by Gasteiger charge is -2.09. The molecule has 0 spiro atoms. The number of hydrogen-bond acceptors (Lipinski definition) is 2. The molecule has 96 valence electrons. The smallest absolute Gasteiger partial charge is 0.417 e. The largest absolute Gasteiger partial charge is 0.478 e. The lowest BCUT2D eigenvalue weighted by atomic mass is 10.0. The SMILES string of the molecule is O=C(O)c1ccc(C#CCCO)c(C(F)(F)F)c1. The molecule has 0 radical (unpaired) electrons. The molecule has 0 bridgehead atoms. The summed E-state index contributed by atoms with van der Waals surface area (Å²) in [4.78, 5) is 10.6. The Morgan fingerprint density at radius 1 is 1.33 bits per heavy atom. The number of aliphatic hydroxyl groups excluding tert-OH is 1. The third kappa shape index (κ3) is 3.50. The quantitative estimate of drug-likeness (QED) is 0.799. The van der Waals surface area contributed by atoms with E-state index in [1.807, 2.05) is 0 Å². The number of alkyl halides is 3. The highest BCUT2D eigenvalue weighted by atomic mass is 19.4. The molecule has 0 atom stereocenters. The number of aromatic carboxylic acids is 1. The number of rotatable bonds is 2. The second-order valence-corrected chi connectivity index (χ2v) is 3.34. The zero-order valence-corrected chi connectivity index (χ0v) is 9.08. The molecule has 3 nitrogen and oxygen atoms in total. The summed E-state index contributed by atoms with van der Waals surface area (Å²) in [5, 5.41) is 17.1. The summed E-state index contributed by atoms with van der Waals surface area (Å²) in [7, 11) is 0. The van der Waals surface area contributed by atoms with Crippen molar-refractivity contribution < 1.29 is 28.2 Å². The second kappa shape index (κ2) is 5.56. The molecule has 0 saturated carbocycles. The van der Waals surface area contributed by atoms with Crippen LogP contribution in [0.2, 0.25) is 0 Å². The highest BCUT2D eigenvalue weighted by Crippen LogP contribution is 2.32. The molecule has 0 aromatic heterocycles. The van der Waals surface area contributed by atoms with E-state index in [4.69, 9.17) is 10.2 Å². The van der Waals surface area contributed by atoms with Gasteiger partial charge >= 0.3 is 12.1 Å². The number of aliphatic hydroxyl groups is 1. The van der Waals surface area contributed by atoms with Crippen LogP contribution < -0.4 is 0 Å². The van der Waals surface area contributed by atoms with Gasteiger partial charge in [-0.25, -0.2) is 4.79 Å². The van der Waals surface area contributed by atoms with Crippen molar-refractivity contribution in [1.82, 2.24) is 0 Å². The third-order valence-corrected chi connectivity index (χ3v) is 2.03. The Bertz CT molecular complexity index is 510. The molecule has 1 aromatic rings. The first-order chi connectivity index (χ1) is 8.36. The minimum Gasteiger partial charge on any atom is -0.478 e. The fraction of sp³-hybridized carbons (Fsp3) is 0.250. The molecule has 6 heteroatoms. The molecule has 0 aliphatic carbocycles. The maximum atomic E-state index is 12.7. The first kappa shape index (κ1) is 14.1. The predicted molar refractivity (Wildman–Crippen MR) is 57.0 cm³/mol. The van der Waals surface area contributed by atoms with Gasteiger partial charge in [-0.15, -0.1) is 0 Å². The summed E-state index contributed by atoms with van der Waals surface area (Å²) >= 11 is 0. The Morgan fingerprint density at radius 2 is 2.00 bits per heavy atom. The van der Waals surface area contributed by atoms with E-state index in [1.54, 1.807) is 0 Å². The summed E-state index contributed by atoms with van der Waals surface area (Å²) in [6.07, 6.45) is -4.62. The van der Waals surface area contributed by atoms with Gasteiger partial charge in [-0.2, -0.15) is 13.2 Å². The van der Waals surface area contributed by atoms with Crippen molar-refractivity contribution in [3.63, 3.8) is 0 Å². The van der Waals surface area contributed by atoms with Crippen molar-refractivity contribution in [3.8, 4) is 11.8 Å². The summed E-state index contributed by atoms with van der Waals surface area (Å²) < 4.78 is 38.1. The fourth-order valence-corrected chi connectivity index (χ4v) is 1.23. The molecular formula is C12H9F3O3. The van der Waals surface area contributed by atoms with Crippen LogP contribution in [0.1, 0.15) is 27.9 Å². The van der Waals surface area contributed by atoms with Crippen LogP contribution in [0.15, 0.2) is 18.2 Å². The molecule has 1 aromatic carbocycles. The zero-order chi connectivity index (χ0) is 13.8. The van der Waals surface area contributed by atoms with Gasteiger partial charge in [0.1, 0.15) is 0 Å². The van der Waals surface area contributed by atoms with Crippen LogP contribution in [-0.2, 0) is 6.18 Å². The minimum atomic E-state index is -4.67. The van der Waals surface area contributed by atoms with Crippen molar-refractivity contribution in [2.45, 2.75) is 12.6 Å². The summed E-state index contributed by atoms with van der Waals surface area (Å²) in [6, 6.07) is 2.61. The summed E-state index contributed by atoms with van der Waals surface area (Å²) in [5.41, 5.74) is -1.84. The highest BCUT2D eigenvalue weighted by molar-refractivity contribution is 5.88. The Hall–Kier alpha value is -2.00. The van der Waals surface area contributed by atoms with Crippen molar-refractivity contribution >= 4 is 5.97 Å². The minimum absolute atomic E-state index is 0.0536. The van der Waals surface area contributed by atoms with Crippen LogP contribution in [0, 0.1) is 11.8 Å². The first-order valence-corrected chi connectivity index (χ1v) is 4.90. The molecule has 1 rings (SSSR count). The van der Waals surface area contributed by atoms with E-state index in [1.165, 1.54) is 0 Å². The standard InChI is InChI=1S/C12H9F3O3/c13-12(14,15)10-7-9(11(17)18)5-4-8(10)3-1-2-6-16/h4-5,7,16H,2,6H2,(H,17,18). The molecule has 0 fully saturated rings. The van der Waals surface area contributed by atoms with Crippen LogP contribution in [0.25, 0.3) is 0 Å². The Morgan fingerprint density at radius 3 is 2.50 bits per heavy atom. The van der Waals surface area contributed by atoms with Gasteiger partial charge in [-0.1, -0.05) is 11.8 Å². The number of carboxylic acids is 1. The van der Waals surface area contributed by atoms with Gasteiger partial charge < -0.3 is 10.2 Å². The maximum absolute atomic E-state index is 12.7. The molecule has 0 aliphatic heterocycles. The van der Waals surface area contributed by atoms with Gasteiger partial charge in [0, 0.05) is 12.0 Å². The number of benzene rings is 1. The number of halogens is 3. The topological polar surface area (TPSA) is 57.5 Å². The second-order valence-electron chi connectivity index (χ2n) is 3.34. The van der Waals surface area contributed by atoms with Crippen molar-refractivity contribution in [2.24, 2.45) is 0 Å². The molecule has 0 heterocycles. The lowest BCUT2D eigenvalue weighted by molar-refractivity contribution is -0.137. The monoisotopic (exact) mass is 258 g/mol. The highest BCUT2D eigenvalue weighted by Gasteiger charge is 2.33. The normalized spacial score (nSPS) is 10.7. The average molecular weight is 258 g/mol. The van der Waals surface area contributed by atoms with E-state index in [2.05, 4.69) is 11.8 Å². The van der Waals surface area contributed by atoms with Gasteiger partial charge in [-0.3, -0.25) is 0 Å². The number of carboxylic acid groups (broad SMARTS) is 1. The molecule has 0 saturated heterocycles. The van der Waals surface area contributed by atoms with E-state index in [9.17, 15) is 18.0 Å². The first-order valence-electron chi connectivity index (χ1n) is 4.90. The fourth-order valence-electron chi connectivity index (χ4n) is 1.23.